The van der Waals surface area contributed by atoms with Crippen LogP contribution in [0.1, 0.15) is 75.2 Å². The summed E-state index contributed by atoms with van der Waals surface area (Å²) in [6, 6.07) is -0.742. The average molecular weight is 690 g/mol. The number of methoxy groups -OCH3 is 2. The number of aliphatic hydroxyl groups is 4. The van der Waals surface area contributed by atoms with Crippen molar-refractivity contribution in [3.05, 3.63) is 71.6 Å². The molecule has 12 unspecified atom stereocenters. The minimum absolute atomic E-state index is 0.0840. The first-order chi connectivity index (χ1) is 23.0. The standard InChI is InChI=1S/C39H63NO9/c1-12-15-31(41)25(5)18-19-34(42)40-29(9)37(45)28(8)38-32(47-10)17-14-16-23(3)20-26(6)35(43)30(13-2)36(44)27(7)21-24(4)22-33(48-11)39(46)49-38/h12,14-19,21-22,25-32,35-38,41,43-45H,13,20H2,1-11H3,(H,40,42)/b15-12+,17-14+,19-18+,23-16+,24-21+,33-22-. The van der Waals surface area contributed by atoms with E-state index in [1.54, 1.807) is 65.0 Å². The lowest BCUT2D eigenvalue weighted by atomic mass is 9.79. The summed E-state index contributed by atoms with van der Waals surface area (Å²) < 4.78 is 17.2. The van der Waals surface area contributed by atoms with Gasteiger partial charge in [-0.05, 0) is 58.6 Å². The molecule has 0 saturated heterocycles. The van der Waals surface area contributed by atoms with E-state index in [0.29, 0.717) is 18.4 Å². The molecule has 0 aromatic rings. The highest BCUT2D eigenvalue weighted by Crippen LogP contribution is 2.29. The quantitative estimate of drug-likeness (QED) is 0.115. The van der Waals surface area contributed by atoms with Crippen molar-refractivity contribution >= 4 is 11.9 Å². The number of carbonyl (C=O) groups is 2. The monoisotopic (exact) mass is 689 g/mol. The topological polar surface area (TPSA) is 155 Å². The Bertz CT molecular complexity index is 1220. The second-order valence-electron chi connectivity index (χ2n) is 13.6. The minimum atomic E-state index is -1.16. The highest BCUT2D eigenvalue weighted by molar-refractivity contribution is 5.88. The molecule has 1 amide bonds. The molecule has 5 N–H and O–H groups in total. The molecule has 10 heteroatoms. The molecule has 10 nitrogen and oxygen atoms in total. The molecule has 0 aliphatic carbocycles. The normalized spacial score (nSPS) is 33.7. The van der Waals surface area contributed by atoms with E-state index < -0.39 is 60.5 Å². The molecule has 1 aliphatic heterocycles. The maximum absolute atomic E-state index is 13.6. The highest BCUT2D eigenvalue weighted by Gasteiger charge is 2.37. The molecule has 0 spiro atoms. The fourth-order valence-corrected chi connectivity index (χ4v) is 6.20. The van der Waals surface area contributed by atoms with Crippen LogP contribution in [0.2, 0.25) is 0 Å². The first-order valence-corrected chi connectivity index (χ1v) is 17.4. The first kappa shape index (κ1) is 44.0. The molecule has 0 bridgehead atoms. The number of ether oxygens (including phenoxy) is 3. The van der Waals surface area contributed by atoms with Gasteiger partial charge in [-0.1, -0.05) is 88.3 Å². The second kappa shape index (κ2) is 21.9. The van der Waals surface area contributed by atoms with Gasteiger partial charge in [0.15, 0.2) is 0 Å². The minimum Gasteiger partial charge on any atom is -0.490 e. The van der Waals surface area contributed by atoms with Gasteiger partial charge in [0, 0.05) is 30.8 Å². The molecule has 0 aromatic carbocycles. The summed E-state index contributed by atoms with van der Waals surface area (Å²) in [7, 11) is 2.83. The third kappa shape index (κ3) is 14.0. The van der Waals surface area contributed by atoms with Crippen LogP contribution in [0.5, 0.6) is 0 Å². The van der Waals surface area contributed by atoms with E-state index in [1.807, 2.05) is 39.8 Å². The fourth-order valence-electron chi connectivity index (χ4n) is 6.20. The van der Waals surface area contributed by atoms with Gasteiger partial charge in [-0.25, -0.2) is 4.79 Å². The number of hydrogen-bond donors (Lipinski definition) is 5. The summed E-state index contributed by atoms with van der Waals surface area (Å²) in [5.74, 6) is -3.12. The fraction of sp³-hybridized carbons (Fsp3) is 0.641. The van der Waals surface area contributed by atoms with Crippen molar-refractivity contribution < 1.29 is 44.2 Å². The van der Waals surface area contributed by atoms with Crippen LogP contribution in [0.25, 0.3) is 0 Å². The SMILES string of the molecule is C/C=C/C(O)C(C)/C=C/C(=O)NC(C)C(O)C(C)C1OC(=O)/C(OC)=C/C(C)=C/C(C)C(O)C(CC)C(O)C(C)C/C(C)=C/C=C/C1OC. The number of allylic oxidation sites excluding steroid dienone is 6. The molecule has 12 atom stereocenters. The van der Waals surface area contributed by atoms with Crippen LogP contribution in [0.4, 0.5) is 0 Å². The van der Waals surface area contributed by atoms with Gasteiger partial charge >= 0.3 is 5.97 Å². The molecule has 0 fully saturated rings. The van der Waals surface area contributed by atoms with E-state index in [-0.39, 0.29) is 29.4 Å². The summed E-state index contributed by atoms with van der Waals surface area (Å²) in [5, 5.41) is 46.7. The number of cyclic esters (lactones) is 1. The second-order valence-corrected chi connectivity index (χ2v) is 13.6. The number of esters is 1. The zero-order chi connectivity index (χ0) is 37.4. The molecular formula is C39H63NO9. The van der Waals surface area contributed by atoms with Gasteiger partial charge in [0.05, 0.1) is 37.6 Å². The van der Waals surface area contributed by atoms with Crippen molar-refractivity contribution in [2.45, 2.75) is 118 Å². The van der Waals surface area contributed by atoms with E-state index in [9.17, 15) is 30.0 Å². The van der Waals surface area contributed by atoms with Crippen molar-refractivity contribution in [2.75, 3.05) is 14.2 Å². The number of carbonyl (C=O) groups excluding carboxylic acids is 2. The van der Waals surface area contributed by atoms with Gasteiger partial charge < -0.3 is 40.0 Å². The predicted molar refractivity (Wildman–Crippen MR) is 193 cm³/mol. The largest absolute Gasteiger partial charge is 0.490 e. The van der Waals surface area contributed by atoms with Gasteiger partial charge in [-0.3, -0.25) is 4.79 Å². The Hall–Kier alpha value is -3.02. The maximum Gasteiger partial charge on any atom is 0.373 e. The summed E-state index contributed by atoms with van der Waals surface area (Å²) in [4.78, 5) is 26.3. The van der Waals surface area contributed by atoms with Crippen LogP contribution < -0.4 is 5.32 Å². The van der Waals surface area contributed by atoms with Crippen LogP contribution in [-0.2, 0) is 23.8 Å². The van der Waals surface area contributed by atoms with Gasteiger partial charge in [-0.2, -0.15) is 0 Å². The Morgan fingerprint density at radius 1 is 1.10 bits per heavy atom. The van der Waals surface area contributed by atoms with E-state index in [0.717, 1.165) is 5.57 Å². The number of amides is 1. The lowest BCUT2D eigenvalue weighted by Gasteiger charge is -2.34. The van der Waals surface area contributed by atoms with Crippen molar-refractivity contribution in [1.82, 2.24) is 5.32 Å². The van der Waals surface area contributed by atoms with Gasteiger partial charge in [-0.15, -0.1) is 0 Å². The first-order valence-electron chi connectivity index (χ1n) is 17.4. The lowest BCUT2D eigenvalue weighted by Crippen LogP contribution is -2.50. The molecule has 278 valence electrons. The van der Waals surface area contributed by atoms with Crippen molar-refractivity contribution in [2.24, 2.45) is 29.6 Å². The van der Waals surface area contributed by atoms with Crippen LogP contribution in [-0.4, -0.2) is 89.2 Å². The van der Waals surface area contributed by atoms with Crippen LogP contribution in [0.3, 0.4) is 0 Å². The average Bonchev–Trinajstić information content (AvgIpc) is 3.05. The van der Waals surface area contributed by atoms with Crippen LogP contribution in [0, 0.1) is 29.6 Å². The number of nitrogens with one attached hydrogen (secondary N) is 1. The summed E-state index contributed by atoms with van der Waals surface area (Å²) in [5.41, 5.74) is 1.65. The van der Waals surface area contributed by atoms with Crippen molar-refractivity contribution in [3.8, 4) is 0 Å². The zero-order valence-electron chi connectivity index (χ0n) is 31.4. The molecule has 49 heavy (non-hydrogen) atoms. The molecule has 0 radical (unpaired) electrons. The third-order valence-corrected chi connectivity index (χ3v) is 9.36. The Morgan fingerprint density at radius 3 is 2.33 bits per heavy atom. The third-order valence-electron chi connectivity index (χ3n) is 9.36. The number of aliphatic hydroxyl groups excluding tert-OH is 4. The van der Waals surface area contributed by atoms with Crippen molar-refractivity contribution in [1.29, 1.82) is 0 Å². The van der Waals surface area contributed by atoms with E-state index in [2.05, 4.69) is 5.32 Å². The Balaban J connectivity index is 3.51. The maximum atomic E-state index is 13.6. The molecule has 0 saturated carbocycles. The molecular weight excluding hydrogens is 626 g/mol. The van der Waals surface area contributed by atoms with Gasteiger partial charge in [0.25, 0.3) is 0 Å². The van der Waals surface area contributed by atoms with Crippen molar-refractivity contribution in [3.63, 3.8) is 0 Å². The summed E-state index contributed by atoms with van der Waals surface area (Å²) in [6.07, 6.45) is 11.0. The van der Waals surface area contributed by atoms with Gasteiger partial charge in [0.2, 0.25) is 11.7 Å². The summed E-state index contributed by atoms with van der Waals surface area (Å²) in [6.45, 7) is 16.5. The molecule has 0 aromatic heterocycles. The Morgan fingerprint density at radius 2 is 1.76 bits per heavy atom. The van der Waals surface area contributed by atoms with Gasteiger partial charge in [0.1, 0.15) is 12.2 Å². The summed E-state index contributed by atoms with van der Waals surface area (Å²) >= 11 is 0. The molecule has 1 heterocycles. The Labute approximate surface area is 294 Å². The highest BCUT2D eigenvalue weighted by atomic mass is 16.6. The molecule has 1 aliphatic rings. The van der Waals surface area contributed by atoms with Crippen LogP contribution >= 0.6 is 0 Å². The van der Waals surface area contributed by atoms with Crippen LogP contribution in [0.15, 0.2) is 71.6 Å². The number of rotatable bonds is 11. The van der Waals surface area contributed by atoms with E-state index >= 15 is 0 Å². The zero-order valence-corrected chi connectivity index (χ0v) is 31.4. The number of hydrogen-bond acceptors (Lipinski definition) is 9. The molecule has 1 rings (SSSR count). The smallest absolute Gasteiger partial charge is 0.373 e. The van der Waals surface area contributed by atoms with E-state index in [1.165, 1.54) is 26.4 Å². The van der Waals surface area contributed by atoms with E-state index in [4.69, 9.17) is 14.2 Å². The lowest BCUT2D eigenvalue weighted by molar-refractivity contribution is -0.161. The predicted octanol–water partition coefficient (Wildman–Crippen LogP) is 4.95. The Kier molecular flexibility index (Phi) is 19.7.